The van der Waals surface area contributed by atoms with Crippen LogP contribution in [-0.4, -0.2) is 70.3 Å². The van der Waals surface area contributed by atoms with Crippen LogP contribution in [0, 0.1) is 0 Å². The Morgan fingerprint density at radius 2 is 1.88 bits per heavy atom. The molecule has 1 atom stereocenters. The first-order chi connectivity index (χ1) is 12.7. The van der Waals surface area contributed by atoms with Crippen LogP contribution in [0.3, 0.4) is 0 Å². The largest absolute Gasteiger partial charge is 0.391 e. The molecule has 1 N–H and O–H groups in total. The Kier molecular flexibility index (Phi) is 5.19. The number of piperazine rings is 1. The first-order valence-electron chi connectivity index (χ1n) is 9.01. The van der Waals surface area contributed by atoms with Gasteiger partial charge in [-0.05, 0) is 24.1 Å². The minimum absolute atomic E-state index is 0.251. The molecule has 0 amide bonds. The summed E-state index contributed by atoms with van der Waals surface area (Å²) in [6.07, 6.45) is 4.21. The summed E-state index contributed by atoms with van der Waals surface area (Å²) < 4.78 is 0. The highest BCUT2D eigenvalue weighted by Crippen LogP contribution is 2.21. The van der Waals surface area contributed by atoms with E-state index in [-0.39, 0.29) is 6.10 Å². The van der Waals surface area contributed by atoms with Gasteiger partial charge in [-0.25, -0.2) is 9.97 Å². The third-order valence-corrected chi connectivity index (χ3v) is 5.19. The Balaban J connectivity index is 1.35. The summed E-state index contributed by atoms with van der Waals surface area (Å²) in [6.45, 7) is 6.09. The van der Waals surface area contributed by atoms with Gasteiger partial charge in [0.2, 0.25) is 5.95 Å². The van der Waals surface area contributed by atoms with E-state index in [0.29, 0.717) is 11.7 Å². The van der Waals surface area contributed by atoms with Crippen LogP contribution in [0.4, 0.5) is 11.8 Å². The van der Waals surface area contributed by atoms with E-state index in [1.807, 2.05) is 30.6 Å². The van der Waals surface area contributed by atoms with Gasteiger partial charge in [-0.1, -0.05) is 17.7 Å². The Hall–Kier alpha value is -1.96. The van der Waals surface area contributed by atoms with Crippen LogP contribution in [0.25, 0.3) is 0 Å². The van der Waals surface area contributed by atoms with Crippen LogP contribution >= 0.6 is 11.6 Å². The Morgan fingerprint density at radius 1 is 1.04 bits per heavy atom. The number of halogens is 1. The summed E-state index contributed by atoms with van der Waals surface area (Å²) in [5.41, 5.74) is 1.17. The summed E-state index contributed by atoms with van der Waals surface area (Å²) in [7, 11) is 0. The molecule has 7 nitrogen and oxygen atoms in total. The number of aliphatic hydroxyl groups is 1. The number of anilines is 2. The van der Waals surface area contributed by atoms with Crippen molar-refractivity contribution in [3.63, 3.8) is 0 Å². The van der Waals surface area contributed by atoms with Gasteiger partial charge in [0, 0.05) is 58.2 Å². The number of hydrogen-bond donors (Lipinski definition) is 1. The van der Waals surface area contributed by atoms with Crippen LogP contribution in [0.5, 0.6) is 0 Å². The topological polar surface area (TPSA) is 68.6 Å². The Morgan fingerprint density at radius 3 is 2.58 bits per heavy atom. The second-order valence-electron chi connectivity index (χ2n) is 6.86. The fourth-order valence-electron chi connectivity index (χ4n) is 3.48. The highest BCUT2D eigenvalue weighted by atomic mass is 35.5. The number of hydrogen-bond acceptors (Lipinski definition) is 7. The van der Waals surface area contributed by atoms with Crippen LogP contribution in [-0.2, 0) is 6.54 Å². The molecule has 0 aromatic carbocycles. The maximum atomic E-state index is 9.73. The lowest BCUT2D eigenvalue weighted by molar-refractivity contribution is 0.198. The van der Waals surface area contributed by atoms with Gasteiger partial charge < -0.3 is 14.9 Å². The minimum Gasteiger partial charge on any atom is -0.391 e. The van der Waals surface area contributed by atoms with E-state index >= 15 is 0 Å². The number of rotatable bonds is 4. The van der Waals surface area contributed by atoms with Gasteiger partial charge in [0.05, 0.1) is 6.10 Å². The molecule has 4 rings (SSSR count). The van der Waals surface area contributed by atoms with Crippen molar-refractivity contribution in [2.75, 3.05) is 49.1 Å². The number of aliphatic hydroxyl groups excluding tert-OH is 1. The minimum atomic E-state index is -0.251. The van der Waals surface area contributed by atoms with Crippen LogP contribution in [0.1, 0.15) is 12.0 Å². The summed E-state index contributed by atoms with van der Waals surface area (Å²) in [6, 6.07) is 5.78. The molecule has 2 aromatic heterocycles. The third kappa shape index (κ3) is 4.06. The average Bonchev–Trinajstić information content (AvgIpc) is 3.11. The molecule has 26 heavy (non-hydrogen) atoms. The van der Waals surface area contributed by atoms with Gasteiger partial charge in [-0.3, -0.25) is 4.90 Å². The maximum Gasteiger partial charge on any atom is 0.227 e. The first kappa shape index (κ1) is 17.5. The van der Waals surface area contributed by atoms with Crippen molar-refractivity contribution in [3.8, 4) is 0 Å². The second kappa shape index (κ2) is 7.73. The molecule has 0 bridgehead atoms. The van der Waals surface area contributed by atoms with Gasteiger partial charge in [0.15, 0.2) is 0 Å². The monoisotopic (exact) mass is 374 g/mol. The highest BCUT2D eigenvalue weighted by Gasteiger charge is 2.23. The molecule has 2 aliphatic rings. The Bertz CT molecular complexity index is 735. The van der Waals surface area contributed by atoms with Gasteiger partial charge in [0.1, 0.15) is 11.0 Å². The molecule has 8 heteroatoms. The van der Waals surface area contributed by atoms with E-state index in [1.54, 1.807) is 0 Å². The Labute approximate surface area is 158 Å². The van der Waals surface area contributed by atoms with Crippen LogP contribution in [0.2, 0.25) is 5.15 Å². The molecule has 2 saturated heterocycles. The summed E-state index contributed by atoms with van der Waals surface area (Å²) in [4.78, 5) is 20.1. The lowest BCUT2D eigenvalue weighted by Gasteiger charge is -2.35. The average molecular weight is 375 g/mol. The van der Waals surface area contributed by atoms with Crippen molar-refractivity contribution < 1.29 is 5.11 Å². The zero-order chi connectivity index (χ0) is 17.9. The summed E-state index contributed by atoms with van der Waals surface area (Å²) >= 11 is 5.85. The molecule has 0 saturated carbocycles. The van der Waals surface area contributed by atoms with E-state index in [1.165, 1.54) is 5.56 Å². The number of nitrogens with zero attached hydrogens (tertiary/aromatic N) is 6. The van der Waals surface area contributed by atoms with Crippen molar-refractivity contribution in [2.45, 2.75) is 19.1 Å². The van der Waals surface area contributed by atoms with E-state index in [2.05, 4.69) is 24.7 Å². The van der Waals surface area contributed by atoms with Crippen molar-refractivity contribution in [2.24, 2.45) is 0 Å². The molecule has 2 aliphatic heterocycles. The van der Waals surface area contributed by atoms with Gasteiger partial charge in [0.25, 0.3) is 0 Å². The first-order valence-corrected chi connectivity index (χ1v) is 9.39. The predicted molar refractivity (Wildman–Crippen MR) is 102 cm³/mol. The van der Waals surface area contributed by atoms with Crippen LogP contribution < -0.4 is 9.80 Å². The molecule has 2 fully saturated rings. The van der Waals surface area contributed by atoms with E-state index in [0.717, 1.165) is 57.5 Å². The van der Waals surface area contributed by atoms with Gasteiger partial charge in [-0.2, -0.15) is 4.98 Å². The molecular weight excluding hydrogens is 352 g/mol. The molecule has 0 aliphatic carbocycles. The van der Waals surface area contributed by atoms with Crippen molar-refractivity contribution in [1.29, 1.82) is 0 Å². The molecular formula is C18H23ClN6O. The van der Waals surface area contributed by atoms with Gasteiger partial charge >= 0.3 is 0 Å². The standard InChI is InChI=1S/C18H23ClN6O/c19-16-2-1-14(11-21-16)12-23-7-9-24(10-8-23)18-20-5-3-17(22-18)25-6-4-15(26)13-25/h1-3,5,11,15,26H,4,6-10,12-13H2. The third-order valence-electron chi connectivity index (χ3n) is 4.97. The zero-order valence-corrected chi connectivity index (χ0v) is 15.4. The summed E-state index contributed by atoms with van der Waals surface area (Å²) in [5.74, 6) is 1.68. The number of β-amino-alcohol motifs (C(OH)–C–C–N with tert-alkyl or cyclic N) is 1. The molecule has 2 aromatic rings. The fourth-order valence-corrected chi connectivity index (χ4v) is 3.59. The fraction of sp³-hybridized carbons (Fsp3) is 0.500. The number of aromatic nitrogens is 3. The normalized spacial score (nSPS) is 21.4. The lowest BCUT2D eigenvalue weighted by atomic mass is 10.2. The number of pyridine rings is 1. The van der Waals surface area contributed by atoms with Crippen molar-refractivity contribution in [3.05, 3.63) is 41.3 Å². The smallest absolute Gasteiger partial charge is 0.227 e. The zero-order valence-electron chi connectivity index (χ0n) is 14.6. The van der Waals surface area contributed by atoms with E-state index in [9.17, 15) is 5.11 Å². The molecule has 0 spiro atoms. The van der Waals surface area contributed by atoms with E-state index in [4.69, 9.17) is 16.6 Å². The molecule has 0 radical (unpaired) electrons. The van der Waals surface area contributed by atoms with E-state index < -0.39 is 0 Å². The SMILES string of the molecule is OC1CCN(c2ccnc(N3CCN(Cc4ccc(Cl)nc4)CC3)n2)C1. The van der Waals surface area contributed by atoms with Crippen molar-refractivity contribution in [1.82, 2.24) is 19.9 Å². The van der Waals surface area contributed by atoms with Crippen molar-refractivity contribution >= 4 is 23.4 Å². The second-order valence-corrected chi connectivity index (χ2v) is 7.24. The molecule has 1 unspecified atom stereocenters. The molecule has 138 valence electrons. The summed E-state index contributed by atoms with van der Waals surface area (Å²) in [5, 5.41) is 10.3. The lowest BCUT2D eigenvalue weighted by Crippen LogP contribution is -2.46. The predicted octanol–water partition coefficient (Wildman–Crippen LogP) is 1.42. The van der Waals surface area contributed by atoms with Gasteiger partial charge in [-0.15, -0.1) is 0 Å². The maximum absolute atomic E-state index is 9.73. The highest BCUT2D eigenvalue weighted by molar-refractivity contribution is 6.29. The van der Waals surface area contributed by atoms with Crippen LogP contribution in [0.15, 0.2) is 30.6 Å². The molecule has 4 heterocycles. The quantitative estimate of drug-likeness (QED) is 0.811.